The van der Waals surface area contributed by atoms with Gasteiger partial charge in [-0.3, -0.25) is 0 Å². The second-order valence-corrected chi connectivity index (χ2v) is 11.2. The molecule has 1 heterocycles. The van der Waals surface area contributed by atoms with Crippen LogP contribution >= 0.6 is 0 Å². The zero-order chi connectivity index (χ0) is 29.4. The summed E-state index contributed by atoms with van der Waals surface area (Å²) in [5.74, 6) is -5.42. The van der Waals surface area contributed by atoms with Crippen molar-refractivity contribution in [3.8, 4) is 0 Å². The van der Waals surface area contributed by atoms with Crippen LogP contribution in [0.15, 0.2) is 65.7 Å². The van der Waals surface area contributed by atoms with Crippen molar-refractivity contribution in [2.45, 2.75) is 101 Å². The lowest BCUT2D eigenvalue weighted by Gasteiger charge is -2.28. The van der Waals surface area contributed by atoms with Gasteiger partial charge in [-0.1, -0.05) is 74.9 Å². The predicted octanol–water partition coefficient (Wildman–Crippen LogP) is 6.06. The molecule has 2 aliphatic carbocycles. The van der Waals surface area contributed by atoms with Crippen LogP contribution in [-0.4, -0.2) is 61.1 Å². The van der Waals surface area contributed by atoms with Gasteiger partial charge in [-0.25, -0.2) is 14.6 Å². The van der Waals surface area contributed by atoms with Gasteiger partial charge in [0, 0.05) is 6.04 Å². The highest BCUT2D eigenvalue weighted by molar-refractivity contribution is 5.90. The minimum Gasteiger partial charge on any atom is -0.459 e. The largest absolute Gasteiger partial charge is 0.459 e. The number of carbonyl (C=O) groups excluding carboxylic acids is 2. The Bertz CT molecular complexity index is 1200. The molecule has 10 heteroatoms. The van der Waals surface area contributed by atoms with Gasteiger partial charge in [0.25, 0.3) is 12.3 Å². The average Bonchev–Trinajstić information content (AvgIpc) is 3.25. The monoisotopic (exact) mass is 584 g/mol. The number of halogens is 2. The molecule has 0 bridgehead atoms. The number of hydrogen-bond donors (Lipinski definition) is 1. The first-order chi connectivity index (χ1) is 20.4. The Morgan fingerprint density at radius 2 is 1.38 bits per heavy atom. The molecule has 3 atom stereocenters. The minimum absolute atomic E-state index is 0.0218. The Kier molecular flexibility index (Phi) is 10.0. The Morgan fingerprint density at radius 3 is 2.00 bits per heavy atom. The maximum atomic E-state index is 16.0. The molecule has 1 N–H and O–H groups in total. The van der Waals surface area contributed by atoms with E-state index in [2.05, 4.69) is 5.32 Å². The maximum absolute atomic E-state index is 16.0. The molecule has 1 saturated heterocycles. The van der Waals surface area contributed by atoms with Crippen LogP contribution in [0.3, 0.4) is 0 Å². The van der Waals surface area contributed by atoms with Crippen molar-refractivity contribution >= 4 is 18.0 Å². The second kappa shape index (κ2) is 14.1. The number of ether oxygens (including phenoxy) is 4. The van der Waals surface area contributed by atoms with E-state index in [1.165, 1.54) is 12.1 Å². The van der Waals surface area contributed by atoms with Crippen molar-refractivity contribution in [2.24, 2.45) is 4.99 Å². The van der Waals surface area contributed by atoms with E-state index in [9.17, 15) is 9.59 Å². The summed E-state index contributed by atoms with van der Waals surface area (Å²) in [5.41, 5.74) is 0.364. The Labute approximate surface area is 244 Å². The summed E-state index contributed by atoms with van der Waals surface area (Å²) in [6.45, 7) is -0.568. The Balaban J connectivity index is 1.35. The zero-order valence-electron chi connectivity index (χ0n) is 23.6. The van der Waals surface area contributed by atoms with Crippen molar-refractivity contribution in [1.82, 2.24) is 5.32 Å². The number of nitrogens with zero attached hydrogens (tertiary/aromatic N) is 1. The standard InChI is InChI=1S/C32H38F2N2O6/c33-32(34)27(41-29(38)23-15-7-2-8-16-23)26(21-39-28(37)22-13-5-1-6-14-22)40-30(32)42-31(35-24-17-9-3-10-18-24)36-25-19-11-4-12-20-25/h1-2,5-8,13-16,24-27,30H,3-4,9-12,17-21H2,(H,35,36)/t26-,27-,30+/m1/s1. The number of rotatable bonds is 8. The average molecular weight is 585 g/mol. The highest BCUT2D eigenvalue weighted by atomic mass is 19.3. The minimum atomic E-state index is -3.77. The first-order valence-electron chi connectivity index (χ1n) is 14.9. The Hall–Kier alpha value is -3.53. The van der Waals surface area contributed by atoms with E-state index in [0.29, 0.717) is 0 Å². The molecular weight excluding hydrogens is 546 g/mol. The lowest BCUT2D eigenvalue weighted by Crippen LogP contribution is -2.47. The van der Waals surface area contributed by atoms with Gasteiger partial charge >= 0.3 is 17.9 Å². The number of hydrogen-bond acceptors (Lipinski definition) is 7. The molecule has 42 heavy (non-hydrogen) atoms. The molecule has 8 nitrogen and oxygen atoms in total. The summed E-state index contributed by atoms with van der Waals surface area (Å²) < 4.78 is 54.2. The number of nitrogens with one attached hydrogen (secondary N) is 1. The van der Waals surface area contributed by atoms with Gasteiger partial charge < -0.3 is 24.3 Å². The van der Waals surface area contributed by atoms with Crippen LogP contribution in [0.25, 0.3) is 0 Å². The molecule has 2 aromatic rings. The first-order valence-corrected chi connectivity index (χ1v) is 14.9. The fourth-order valence-corrected chi connectivity index (χ4v) is 5.66. The first kappa shape index (κ1) is 29.9. The number of carbonyl (C=O) groups is 2. The van der Waals surface area contributed by atoms with E-state index in [-0.39, 0.29) is 29.2 Å². The van der Waals surface area contributed by atoms with Crippen LogP contribution in [0.5, 0.6) is 0 Å². The predicted molar refractivity (Wildman–Crippen MR) is 151 cm³/mol. The van der Waals surface area contributed by atoms with Gasteiger partial charge in [-0.15, -0.1) is 0 Å². The van der Waals surface area contributed by atoms with Crippen LogP contribution in [0, 0.1) is 0 Å². The van der Waals surface area contributed by atoms with E-state index in [1.54, 1.807) is 48.5 Å². The van der Waals surface area contributed by atoms with Crippen LogP contribution in [0.4, 0.5) is 8.78 Å². The summed E-state index contributed by atoms with van der Waals surface area (Å²) in [6.07, 6.45) is 4.23. The normalized spacial score (nSPS) is 25.0. The van der Waals surface area contributed by atoms with Crippen LogP contribution < -0.4 is 5.32 Å². The van der Waals surface area contributed by atoms with E-state index >= 15 is 8.78 Å². The molecule has 5 rings (SSSR count). The third-order valence-corrected chi connectivity index (χ3v) is 7.99. The quantitative estimate of drug-likeness (QED) is 0.229. The van der Waals surface area contributed by atoms with E-state index in [0.717, 1.165) is 64.2 Å². The molecule has 0 unspecified atom stereocenters. The lowest BCUT2D eigenvalue weighted by molar-refractivity contribution is -0.193. The van der Waals surface area contributed by atoms with E-state index < -0.39 is 43.0 Å². The number of benzene rings is 2. The highest BCUT2D eigenvalue weighted by Gasteiger charge is 2.63. The van der Waals surface area contributed by atoms with Gasteiger partial charge in [-0.05, 0) is 49.9 Å². The van der Waals surface area contributed by atoms with Crippen LogP contribution in [0.1, 0.15) is 84.9 Å². The highest BCUT2D eigenvalue weighted by Crippen LogP contribution is 2.40. The van der Waals surface area contributed by atoms with Crippen LogP contribution in [0.2, 0.25) is 0 Å². The van der Waals surface area contributed by atoms with Crippen molar-refractivity contribution in [1.29, 1.82) is 0 Å². The summed E-state index contributed by atoms with van der Waals surface area (Å²) in [4.78, 5) is 30.1. The van der Waals surface area contributed by atoms with Crippen molar-refractivity contribution in [3.63, 3.8) is 0 Å². The smallest absolute Gasteiger partial charge is 0.347 e. The molecule has 0 radical (unpaired) electrons. The molecule has 0 amide bonds. The number of amidine groups is 1. The molecule has 226 valence electrons. The molecule has 2 saturated carbocycles. The van der Waals surface area contributed by atoms with Crippen LogP contribution in [-0.2, 0) is 18.9 Å². The van der Waals surface area contributed by atoms with E-state index in [1.807, 2.05) is 0 Å². The number of aliphatic imine (C=N–C) groups is 1. The molecule has 2 aromatic carbocycles. The zero-order valence-corrected chi connectivity index (χ0v) is 23.6. The summed E-state index contributed by atoms with van der Waals surface area (Å²) in [6, 6.07) is 16.1. The summed E-state index contributed by atoms with van der Waals surface area (Å²) in [7, 11) is 0. The summed E-state index contributed by atoms with van der Waals surface area (Å²) >= 11 is 0. The van der Waals surface area contributed by atoms with Gasteiger partial charge in [0.05, 0.1) is 17.2 Å². The SMILES string of the molecule is O=C(OC[C@H]1O[C@@H](OC(=NC2CCCCC2)NC2CCCCC2)C(F)(F)[C@@H]1OC(=O)c1ccccc1)c1ccccc1. The fourth-order valence-electron chi connectivity index (χ4n) is 5.66. The topological polar surface area (TPSA) is 95.5 Å². The molecule has 0 aromatic heterocycles. The third-order valence-electron chi connectivity index (χ3n) is 7.99. The van der Waals surface area contributed by atoms with E-state index in [4.69, 9.17) is 23.9 Å². The molecular formula is C32H38F2N2O6. The van der Waals surface area contributed by atoms with Gasteiger partial charge in [0.2, 0.25) is 6.10 Å². The Morgan fingerprint density at radius 1 is 0.810 bits per heavy atom. The molecule has 1 aliphatic heterocycles. The number of esters is 2. The molecule has 0 spiro atoms. The maximum Gasteiger partial charge on any atom is 0.347 e. The third kappa shape index (κ3) is 7.65. The molecule has 3 aliphatic rings. The second-order valence-electron chi connectivity index (χ2n) is 11.2. The van der Waals surface area contributed by atoms with Gasteiger partial charge in [0.15, 0.2) is 0 Å². The summed E-state index contributed by atoms with van der Waals surface area (Å²) in [5, 5.41) is 3.26. The fraction of sp³-hybridized carbons (Fsp3) is 0.531. The van der Waals surface area contributed by atoms with Crippen molar-refractivity contribution in [2.75, 3.05) is 6.61 Å². The lowest BCUT2D eigenvalue weighted by atomic mass is 9.95. The van der Waals surface area contributed by atoms with Gasteiger partial charge in [0.1, 0.15) is 12.7 Å². The number of alkyl halides is 2. The molecule has 3 fully saturated rings. The van der Waals surface area contributed by atoms with Crippen molar-refractivity contribution < 1.29 is 37.3 Å². The van der Waals surface area contributed by atoms with Gasteiger partial charge in [-0.2, -0.15) is 8.78 Å². The van der Waals surface area contributed by atoms with Crippen molar-refractivity contribution in [3.05, 3.63) is 71.8 Å².